The summed E-state index contributed by atoms with van der Waals surface area (Å²) in [7, 11) is 0. The van der Waals surface area contributed by atoms with E-state index in [1.54, 1.807) is 11.8 Å². The molecule has 0 N–H and O–H groups in total. The molecule has 0 radical (unpaired) electrons. The summed E-state index contributed by atoms with van der Waals surface area (Å²) in [4.78, 5) is 1.17. The van der Waals surface area contributed by atoms with Gasteiger partial charge in [0, 0.05) is 9.37 Å². The Labute approximate surface area is 84.9 Å². The van der Waals surface area contributed by atoms with Crippen molar-refractivity contribution in [3.05, 3.63) is 28.2 Å². The van der Waals surface area contributed by atoms with Gasteiger partial charge in [0.2, 0.25) is 0 Å². The molecule has 62 valence electrons. The third-order valence-electron chi connectivity index (χ3n) is 1.52. The second kappa shape index (κ2) is 4.54. The number of rotatable bonds is 2. The topological polar surface area (TPSA) is 23.8 Å². The SMILES string of the molecule is CSc1cc(Br)ccc1CC#N. The van der Waals surface area contributed by atoms with E-state index in [1.807, 2.05) is 24.5 Å². The van der Waals surface area contributed by atoms with E-state index in [0.29, 0.717) is 6.42 Å². The first-order valence-electron chi connectivity index (χ1n) is 3.47. The lowest BCUT2D eigenvalue weighted by Gasteiger charge is -2.03. The molecule has 0 heterocycles. The largest absolute Gasteiger partial charge is 0.198 e. The minimum absolute atomic E-state index is 0.490. The Morgan fingerprint density at radius 1 is 1.58 bits per heavy atom. The molecule has 0 spiro atoms. The molecule has 0 saturated carbocycles. The Hall–Kier alpha value is -0.460. The summed E-state index contributed by atoms with van der Waals surface area (Å²) in [6.45, 7) is 0. The highest BCUT2D eigenvalue weighted by molar-refractivity contribution is 9.10. The molecular weight excluding hydrogens is 234 g/mol. The van der Waals surface area contributed by atoms with E-state index in [2.05, 4.69) is 22.0 Å². The predicted molar refractivity (Wildman–Crippen MR) is 55.2 cm³/mol. The molecule has 0 unspecified atom stereocenters. The van der Waals surface area contributed by atoms with E-state index in [0.717, 1.165) is 10.0 Å². The van der Waals surface area contributed by atoms with Crippen LogP contribution in [0.2, 0.25) is 0 Å². The van der Waals surface area contributed by atoms with E-state index in [1.165, 1.54) is 4.90 Å². The van der Waals surface area contributed by atoms with Crippen molar-refractivity contribution >= 4 is 27.7 Å². The molecule has 0 aromatic heterocycles. The maximum absolute atomic E-state index is 8.54. The Balaban J connectivity index is 3.04. The smallest absolute Gasteiger partial charge is 0.0670 e. The van der Waals surface area contributed by atoms with Gasteiger partial charge in [-0.3, -0.25) is 0 Å². The maximum Gasteiger partial charge on any atom is 0.0670 e. The molecule has 0 atom stereocenters. The maximum atomic E-state index is 8.54. The molecule has 0 fully saturated rings. The molecule has 0 bridgehead atoms. The molecule has 1 aromatic carbocycles. The summed E-state index contributed by atoms with van der Waals surface area (Å²) in [5, 5.41) is 8.54. The van der Waals surface area contributed by atoms with Crippen LogP contribution in [0.25, 0.3) is 0 Å². The van der Waals surface area contributed by atoms with Crippen molar-refractivity contribution in [2.45, 2.75) is 11.3 Å². The van der Waals surface area contributed by atoms with Crippen LogP contribution in [0.15, 0.2) is 27.6 Å². The van der Waals surface area contributed by atoms with E-state index in [4.69, 9.17) is 5.26 Å². The number of nitrogens with zero attached hydrogens (tertiary/aromatic N) is 1. The minimum Gasteiger partial charge on any atom is -0.198 e. The van der Waals surface area contributed by atoms with Crippen molar-refractivity contribution in [2.75, 3.05) is 6.26 Å². The summed E-state index contributed by atoms with van der Waals surface area (Å²) in [6.07, 6.45) is 2.51. The van der Waals surface area contributed by atoms with Crippen LogP contribution >= 0.6 is 27.7 Å². The van der Waals surface area contributed by atoms with Gasteiger partial charge in [0.05, 0.1) is 12.5 Å². The minimum atomic E-state index is 0.490. The number of thioether (sulfide) groups is 1. The number of benzene rings is 1. The van der Waals surface area contributed by atoms with Crippen LogP contribution in [0.1, 0.15) is 5.56 Å². The Morgan fingerprint density at radius 3 is 2.92 bits per heavy atom. The van der Waals surface area contributed by atoms with E-state index in [9.17, 15) is 0 Å². The lowest BCUT2D eigenvalue weighted by molar-refractivity contribution is 1.18. The zero-order valence-electron chi connectivity index (χ0n) is 6.67. The van der Waals surface area contributed by atoms with E-state index < -0.39 is 0 Å². The Morgan fingerprint density at radius 2 is 2.33 bits per heavy atom. The summed E-state index contributed by atoms with van der Waals surface area (Å²) in [5.74, 6) is 0. The lowest BCUT2D eigenvalue weighted by Crippen LogP contribution is -1.85. The third kappa shape index (κ3) is 2.26. The standard InChI is InChI=1S/C9H8BrNS/c1-12-9-6-8(10)3-2-7(9)4-5-11/h2-3,6H,4H2,1H3. The van der Waals surface area contributed by atoms with Crippen LogP contribution in [-0.2, 0) is 6.42 Å². The number of halogens is 1. The van der Waals surface area contributed by atoms with Crippen molar-refractivity contribution in [3.63, 3.8) is 0 Å². The van der Waals surface area contributed by atoms with Crippen LogP contribution in [0.3, 0.4) is 0 Å². The average Bonchev–Trinajstić information content (AvgIpc) is 2.08. The van der Waals surface area contributed by atoms with Crippen molar-refractivity contribution in [1.82, 2.24) is 0 Å². The number of hydrogen-bond acceptors (Lipinski definition) is 2. The highest BCUT2D eigenvalue weighted by atomic mass is 79.9. The van der Waals surface area contributed by atoms with Crippen molar-refractivity contribution in [1.29, 1.82) is 5.26 Å². The lowest BCUT2D eigenvalue weighted by atomic mass is 10.2. The zero-order valence-corrected chi connectivity index (χ0v) is 9.08. The number of nitriles is 1. The summed E-state index contributed by atoms with van der Waals surface area (Å²) >= 11 is 5.06. The third-order valence-corrected chi connectivity index (χ3v) is 2.83. The summed E-state index contributed by atoms with van der Waals surface area (Å²) < 4.78 is 1.06. The molecule has 0 saturated heterocycles. The Bertz CT molecular complexity index is 317. The monoisotopic (exact) mass is 241 g/mol. The fraction of sp³-hybridized carbons (Fsp3) is 0.222. The normalized spacial score (nSPS) is 9.42. The first-order valence-corrected chi connectivity index (χ1v) is 5.49. The van der Waals surface area contributed by atoms with Crippen molar-refractivity contribution in [3.8, 4) is 6.07 Å². The molecule has 0 aliphatic rings. The molecule has 0 aliphatic carbocycles. The van der Waals surface area contributed by atoms with Gasteiger partial charge in [-0.05, 0) is 24.0 Å². The van der Waals surface area contributed by atoms with E-state index in [-0.39, 0.29) is 0 Å². The second-order valence-corrected chi connectivity index (χ2v) is 4.05. The summed E-state index contributed by atoms with van der Waals surface area (Å²) in [5.41, 5.74) is 1.10. The van der Waals surface area contributed by atoms with Gasteiger partial charge in [0.25, 0.3) is 0 Å². The molecular formula is C9H8BrNS. The van der Waals surface area contributed by atoms with Gasteiger partial charge >= 0.3 is 0 Å². The Kier molecular flexibility index (Phi) is 3.64. The molecule has 12 heavy (non-hydrogen) atoms. The van der Waals surface area contributed by atoms with Crippen LogP contribution in [-0.4, -0.2) is 6.26 Å². The fourth-order valence-corrected chi connectivity index (χ4v) is 2.11. The van der Waals surface area contributed by atoms with Gasteiger partial charge in [-0.15, -0.1) is 11.8 Å². The zero-order chi connectivity index (χ0) is 8.97. The van der Waals surface area contributed by atoms with Crippen molar-refractivity contribution in [2.24, 2.45) is 0 Å². The van der Waals surface area contributed by atoms with Gasteiger partial charge in [-0.25, -0.2) is 0 Å². The van der Waals surface area contributed by atoms with Crippen LogP contribution in [0, 0.1) is 11.3 Å². The predicted octanol–water partition coefficient (Wildman–Crippen LogP) is 3.24. The highest BCUT2D eigenvalue weighted by Crippen LogP contribution is 2.24. The van der Waals surface area contributed by atoms with Gasteiger partial charge in [0.1, 0.15) is 0 Å². The number of hydrogen-bond donors (Lipinski definition) is 0. The first-order chi connectivity index (χ1) is 5.77. The molecule has 0 aliphatic heterocycles. The van der Waals surface area contributed by atoms with Gasteiger partial charge in [-0.1, -0.05) is 22.0 Å². The van der Waals surface area contributed by atoms with E-state index >= 15 is 0 Å². The fourth-order valence-electron chi connectivity index (χ4n) is 0.950. The highest BCUT2D eigenvalue weighted by Gasteiger charge is 2.00. The van der Waals surface area contributed by atoms with Gasteiger partial charge in [0.15, 0.2) is 0 Å². The van der Waals surface area contributed by atoms with Gasteiger partial charge < -0.3 is 0 Å². The van der Waals surface area contributed by atoms with Crippen LogP contribution in [0.5, 0.6) is 0 Å². The first kappa shape index (κ1) is 9.63. The molecule has 1 aromatic rings. The molecule has 1 rings (SSSR count). The molecule has 0 amide bonds. The van der Waals surface area contributed by atoms with Gasteiger partial charge in [-0.2, -0.15) is 5.26 Å². The summed E-state index contributed by atoms with van der Waals surface area (Å²) in [6, 6.07) is 8.14. The molecule has 1 nitrogen and oxygen atoms in total. The van der Waals surface area contributed by atoms with Crippen molar-refractivity contribution < 1.29 is 0 Å². The average molecular weight is 242 g/mol. The van der Waals surface area contributed by atoms with Crippen LogP contribution in [0.4, 0.5) is 0 Å². The van der Waals surface area contributed by atoms with Crippen LogP contribution < -0.4 is 0 Å². The molecule has 3 heteroatoms. The second-order valence-electron chi connectivity index (χ2n) is 2.29. The quantitative estimate of drug-likeness (QED) is 0.743.